The molecule has 1 aromatic heterocycles. The predicted molar refractivity (Wildman–Crippen MR) is 118 cm³/mol. The lowest BCUT2D eigenvalue weighted by Crippen LogP contribution is -2.38. The summed E-state index contributed by atoms with van der Waals surface area (Å²) in [5, 5.41) is 4.53. The molecule has 31 heavy (non-hydrogen) atoms. The van der Waals surface area contributed by atoms with E-state index in [1.807, 2.05) is 48.5 Å². The summed E-state index contributed by atoms with van der Waals surface area (Å²) in [6, 6.07) is 14.7. The second-order valence-electron chi connectivity index (χ2n) is 7.25. The van der Waals surface area contributed by atoms with Gasteiger partial charge < -0.3 is 19.3 Å². The van der Waals surface area contributed by atoms with E-state index in [9.17, 15) is 9.59 Å². The highest BCUT2D eigenvalue weighted by atomic mass is 16.5. The van der Waals surface area contributed by atoms with E-state index in [0.717, 1.165) is 28.4 Å². The average molecular weight is 420 g/mol. The van der Waals surface area contributed by atoms with Crippen LogP contribution in [0.2, 0.25) is 0 Å². The molecule has 1 aliphatic heterocycles. The van der Waals surface area contributed by atoms with Crippen molar-refractivity contribution in [2.24, 2.45) is 0 Å². The van der Waals surface area contributed by atoms with E-state index in [0.29, 0.717) is 24.5 Å². The number of benzene rings is 2. The van der Waals surface area contributed by atoms with Crippen LogP contribution in [-0.2, 0) is 11.2 Å². The maximum absolute atomic E-state index is 13.5. The molecule has 2 heterocycles. The number of aromatic nitrogens is 2. The Bertz CT molecular complexity index is 1120. The first-order chi connectivity index (χ1) is 14.9. The Morgan fingerprint density at radius 2 is 1.65 bits per heavy atom. The SMILES string of the molecule is COc1ccc(-n2nc(OC)c3c2C(=O)N(c2ccc(N(C)C(C)=O)cc2)CC3)cc1. The number of carbonyl (C=O) groups excluding carboxylic acids is 2. The largest absolute Gasteiger partial charge is 0.497 e. The van der Waals surface area contributed by atoms with Crippen molar-refractivity contribution in [2.75, 3.05) is 37.6 Å². The summed E-state index contributed by atoms with van der Waals surface area (Å²) in [4.78, 5) is 28.4. The number of carbonyl (C=O) groups is 2. The molecule has 2 aromatic carbocycles. The number of rotatable bonds is 5. The zero-order valence-electron chi connectivity index (χ0n) is 18.0. The Morgan fingerprint density at radius 1 is 1.00 bits per heavy atom. The maximum atomic E-state index is 13.5. The summed E-state index contributed by atoms with van der Waals surface area (Å²) in [7, 11) is 4.88. The first kappa shape index (κ1) is 20.5. The molecular formula is C23H24N4O4. The van der Waals surface area contributed by atoms with E-state index in [1.165, 1.54) is 6.92 Å². The van der Waals surface area contributed by atoms with Crippen LogP contribution in [0.5, 0.6) is 11.6 Å². The Balaban J connectivity index is 1.71. The van der Waals surface area contributed by atoms with Gasteiger partial charge >= 0.3 is 0 Å². The topological polar surface area (TPSA) is 76.9 Å². The number of hydrogen-bond donors (Lipinski definition) is 0. The van der Waals surface area contributed by atoms with Crippen LogP contribution >= 0.6 is 0 Å². The van der Waals surface area contributed by atoms with E-state index in [2.05, 4.69) is 5.10 Å². The molecule has 8 heteroatoms. The summed E-state index contributed by atoms with van der Waals surface area (Å²) in [5.74, 6) is 0.972. The fraction of sp³-hybridized carbons (Fsp3) is 0.261. The molecule has 0 saturated carbocycles. The van der Waals surface area contributed by atoms with Crippen molar-refractivity contribution in [2.45, 2.75) is 13.3 Å². The van der Waals surface area contributed by atoms with Crippen LogP contribution in [0, 0.1) is 0 Å². The number of nitrogens with zero attached hydrogens (tertiary/aromatic N) is 4. The highest BCUT2D eigenvalue weighted by Gasteiger charge is 2.33. The lowest BCUT2D eigenvalue weighted by molar-refractivity contribution is -0.116. The van der Waals surface area contributed by atoms with Gasteiger partial charge in [-0.2, -0.15) is 0 Å². The van der Waals surface area contributed by atoms with E-state index in [-0.39, 0.29) is 11.8 Å². The van der Waals surface area contributed by atoms with Crippen molar-refractivity contribution in [3.63, 3.8) is 0 Å². The summed E-state index contributed by atoms with van der Waals surface area (Å²) in [6.07, 6.45) is 0.621. The highest BCUT2D eigenvalue weighted by molar-refractivity contribution is 6.08. The van der Waals surface area contributed by atoms with Gasteiger partial charge in [-0.05, 0) is 55.0 Å². The number of methoxy groups -OCH3 is 2. The standard InChI is InChI=1S/C23H24N4O4/c1-15(28)25(2)16-5-7-17(8-6-16)26-14-13-20-21(23(26)29)27(24-22(20)31-4)18-9-11-19(30-3)12-10-18/h5-12H,13-14H2,1-4H3. The normalized spacial score (nSPS) is 13.0. The van der Waals surface area contributed by atoms with Crippen molar-refractivity contribution >= 4 is 23.2 Å². The predicted octanol–water partition coefficient (Wildman–Crippen LogP) is 3.08. The number of amides is 2. The number of hydrogen-bond acceptors (Lipinski definition) is 5. The minimum atomic E-state index is -0.152. The molecule has 4 rings (SSSR count). The van der Waals surface area contributed by atoms with Crippen LogP contribution in [0.15, 0.2) is 48.5 Å². The summed E-state index contributed by atoms with van der Waals surface area (Å²) in [6.45, 7) is 2.02. The lowest BCUT2D eigenvalue weighted by Gasteiger charge is -2.28. The molecule has 0 radical (unpaired) electrons. The van der Waals surface area contributed by atoms with Crippen LogP contribution in [0.1, 0.15) is 23.0 Å². The molecule has 0 spiro atoms. The average Bonchev–Trinajstić information content (AvgIpc) is 3.18. The zero-order valence-corrected chi connectivity index (χ0v) is 18.0. The third-order valence-corrected chi connectivity index (χ3v) is 5.51. The zero-order chi connectivity index (χ0) is 22.1. The lowest BCUT2D eigenvalue weighted by atomic mass is 10.0. The van der Waals surface area contributed by atoms with Crippen molar-refractivity contribution in [3.8, 4) is 17.3 Å². The van der Waals surface area contributed by atoms with E-state index in [4.69, 9.17) is 9.47 Å². The smallest absolute Gasteiger partial charge is 0.277 e. The molecule has 1 aliphatic rings. The Hall–Kier alpha value is -3.81. The van der Waals surface area contributed by atoms with Crippen LogP contribution in [0.4, 0.5) is 11.4 Å². The first-order valence-corrected chi connectivity index (χ1v) is 9.91. The van der Waals surface area contributed by atoms with E-state index >= 15 is 0 Å². The van der Waals surface area contributed by atoms with Gasteiger partial charge in [0.1, 0.15) is 11.4 Å². The van der Waals surface area contributed by atoms with Gasteiger partial charge in [-0.1, -0.05) is 0 Å². The van der Waals surface area contributed by atoms with Gasteiger partial charge in [-0.3, -0.25) is 9.59 Å². The quantitative estimate of drug-likeness (QED) is 0.634. The summed E-state index contributed by atoms with van der Waals surface area (Å²) in [5.41, 5.74) is 3.56. The van der Waals surface area contributed by atoms with Crippen molar-refractivity contribution in [1.29, 1.82) is 0 Å². The third kappa shape index (κ3) is 3.61. The molecule has 0 fully saturated rings. The molecule has 0 unspecified atom stereocenters. The molecule has 0 aliphatic carbocycles. The molecular weight excluding hydrogens is 396 g/mol. The minimum absolute atomic E-state index is 0.0538. The van der Waals surface area contributed by atoms with Crippen molar-refractivity contribution in [3.05, 3.63) is 59.8 Å². The third-order valence-electron chi connectivity index (χ3n) is 5.51. The molecule has 2 amide bonds. The molecule has 8 nitrogen and oxygen atoms in total. The summed E-state index contributed by atoms with van der Waals surface area (Å²) >= 11 is 0. The molecule has 0 atom stereocenters. The van der Waals surface area contributed by atoms with Gasteiger partial charge in [0.05, 0.1) is 19.9 Å². The van der Waals surface area contributed by atoms with Gasteiger partial charge in [-0.15, -0.1) is 5.10 Å². The number of fused-ring (bicyclic) bond motifs is 1. The Kier molecular flexibility index (Phi) is 5.37. The van der Waals surface area contributed by atoms with Crippen LogP contribution in [0.3, 0.4) is 0 Å². The number of anilines is 2. The van der Waals surface area contributed by atoms with Gasteiger partial charge in [0.2, 0.25) is 11.8 Å². The monoisotopic (exact) mass is 420 g/mol. The summed E-state index contributed by atoms with van der Waals surface area (Å²) < 4.78 is 12.3. The van der Waals surface area contributed by atoms with Gasteiger partial charge in [-0.25, -0.2) is 4.68 Å². The van der Waals surface area contributed by atoms with E-state index < -0.39 is 0 Å². The van der Waals surface area contributed by atoms with E-state index in [1.54, 1.807) is 35.7 Å². The molecule has 160 valence electrons. The number of ether oxygens (including phenoxy) is 2. The molecule has 0 saturated heterocycles. The minimum Gasteiger partial charge on any atom is -0.497 e. The first-order valence-electron chi connectivity index (χ1n) is 9.91. The van der Waals surface area contributed by atoms with Crippen molar-refractivity contribution < 1.29 is 19.1 Å². The van der Waals surface area contributed by atoms with Crippen LogP contribution in [0.25, 0.3) is 5.69 Å². The van der Waals surface area contributed by atoms with Crippen molar-refractivity contribution in [1.82, 2.24) is 9.78 Å². The van der Waals surface area contributed by atoms with Gasteiger partial charge in [0.15, 0.2) is 0 Å². The van der Waals surface area contributed by atoms with Gasteiger partial charge in [0.25, 0.3) is 5.91 Å². The Labute approximate surface area is 180 Å². The fourth-order valence-corrected chi connectivity index (χ4v) is 3.69. The molecule has 3 aromatic rings. The fourth-order valence-electron chi connectivity index (χ4n) is 3.69. The Morgan fingerprint density at radius 3 is 2.23 bits per heavy atom. The maximum Gasteiger partial charge on any atom is 0.277 e. The molecule has 0 N–H and O–H groups in total. The molecule has 0 bridgehead atoms. The van der Waals surface area contributed by atoms with Gasteiger partial charge in [0, 0.05) is 37.5 Å². The van der Waals surface area contributed by atoms with Crippen LogP contribution < -0.4 is 19.3 Å². The second-order valence-corrected chi connectivity index (χ2v) is 7.25. The highest BCUT2D eigenvalue weighted by Crippen LogP contribution is 2.33. The second kappa shape index (κ2) is 8.14. The van der Waals surface area contributed by atoms with Crippen LogP contribution in [-0.4, -0.2) is 49.4 Å².